The lowest BCUT2D eigenvalue weighted by molar-refractivity contribution is -0.134. The van der Waals surface area contributed by atoms with Gasteiger partial charge in [0.25, 0.3) is 5.91 Å². The second-order valence-electron chi connectivity index (χ2n) is 9.88. The van der Waals surface area contributed by atoms with Gasteiger partial charge in [0, 0.05) is 47.1 Å². The summed E-state index contributed by atoms with van der Waals surface area (Å²) in [5, 5.41) is 5.18. The smallest absolute Gasteiger partial charge is 0.254 e. The van der Waals surface area contributed by atoms with Crippen LogP contribution in [0.1, 0.15) is 48.5 Å². The van der Waals surface area contributed by atoms with Crippen molar-refractivity contribution in [2.75, 3.05) is 0 Å². The Morgan fingerprint density at radius 2 is 1.82 bits per heavy atom. The van der Waals surface area contributed by atoms with Crippen LogP contribution >= 0.6 is 11.3 Å². The monoisotopic (exact) mass is 470 g/mol. The van der Waals surface area contributed by atoms with Crippen molar-refractivity contribution in [2.45, 2.75) is 45.2 Å². The first-order valence-electron chi connectivity index (χ1n) is 11.7. The van der Waals surface area contributed by atoms with Crippen molar-refractivity contribution in [3.63, 3.8) is 0 Å². The number of amides is 1. The molecule has 1 spiro atoms. The van der Waals surface area contributed by atoms with Crippen molar-refractivity contribution in [3.05, 3.63) is 71.5 Å². The van der Waals surface area contributed by atoms with Crippen LogP contribution in [0.2, 0.25) is 0 Å². The molecule has 1 aromatic carbocycles. The first-order valence-corrected chi connectivity index (χ1v) is 12.6. The van der Waals surface area contributed by atoms with Crippen LogP contribution in [0.4, 0.5) is 0 Å². The molecule has 6 rings (SSSR count). The van der Waals surface area contributed by atoms with Gasteiger partial charge in [0.2, 0.25) is 0 Å². The number of hydrogen-bond acceptors (Lipinski definition) is 5. The highest BCUT2D eigenvalue weighted by Gasteiger charge is 2.54. The standard InChI is InChI=1S/C27H26N4O2S/c1-17(32)20-9-27(10-20)11-21(12-27)30-26(33)22-16-34-23-7-8-31(24(22)23)15-18-13-28-25(29-14-18)19-5-3-2-4-6-19/h2-8,13-14,16,20-21H,9-12,15H2,1H3,(H,30,33). The topological polar surface area (TPSA) is 76.9 Å². The number of fused-ring (bicyclic) bond motifs is 1. The third-order valence-corrected chi connectivity index (χ3v) is 8.38. The fourth-order valence-electron chi connectivity index (χ4n) is 5.63. The minimum atomic E-state index is -0.0100. The van der Waals surface area contributed by atoms with Gasteiger partial charge in [-0.05, 0) is 44.1 Å². The van der Waals surface area contributed by atoms with E-state index in [4.69, 9.17) is 0 Å². The molecule has 2 aliphatic rings. The maximum Gasteiger partial charge on any atom is 0.254 e. The zero-order valence-corrected chi connectivity index (χ0v) is 19.8. The molecule has 34 heavy (non-hydrogen) atoms. The number of carbonyl (C=O) groups excluding carboxylic acids is 2. The summed E-state index contributed by atoms with van der Waals surface area (Å²) in [6.45, 7) is 2.30. The minimum Gasteiger partial charge on any atom is -0.349 e. The van der Waals surface area contributed by atoms with E-state index in [1.54, 1.807) is 18.3 Å². The highest BCUT2D eigenvalue weighted by atomic mass is 32.1. The number of Topliss-reactive ketones (excluding diaryl/α,β-unsaturated/α-hetero) is 1. The lowest BCUT2D eigenvalue weighted by Gasteiger charge is -2.57. The summed E-state index contributed by atoms with van der Waals surface area (Å²) in [5.74, 6) is 1.24. The van der Waals surface area contributed by atoms with Crippen LogP contribution in [0.15, 0.2) is 60.4 Å². The van der Waals surface area contributed by atoms with Crippen molar-refractivity contribution in [1.29, 1.82) is 0 Å². The predicted molar refractivity (Wildman–Crippen MR) is 133 cm³/mol. The summed E-state index contributed by atoms with van der Waals surface area (Å²) in [6.07, 6.45) is 9.69. The molecule has 0 atom stereocenters. The molecular weight excluding hydrogens is 444 g/mol. The molecule has 1 N–H and O–H groups in total. The Hall–Kier alpha value is -3.32. The van der Waals surface area contributed by atoms with Gasteiger partial charge in [-0.2, -0.15) is 0 Å². The lowest BCUT2D eigenvalue weighted by atomic mass is 9.49. The fraction of sp³-hybridized carbons (Fsp3) is 0.333. The maximum atomic E-state index is 13.1. The highest BCUT2D eigenvalue weighted by molar-refractivity contribution is 7.17. The molecule has 3 heterocycles. The number of carbonyl (C=O) groups is 2. The summed E-state index contributed by atoms with van der Waals surface area (Å²) < 4.78 is 3.20. The van der Waals surface area contributed by atoms with E-state index in [-0.39, 0.29) is 17.9 Å². The van der Waals surface area contributed by atoms with Gasteiger partial charge in [-0.25, -0.2) is 9.97 Å². The zero-order chi connectivity index (χ0) is 23.3. The number of thiophene rings is 1. The molecular formula is C27H26N4O2S. The van der Waals surface area contributed by atoms with E-state index in [2.05, 4.69) is 25.9 Å². The molecule has 0 radical (unpaired) electrons. The van der Waals surface area contributed by atoms with Gasteiger partial charge >= 0.3 is 0 Å². The Bertz CT molecular complexity index is 1360. The molecule has 4 aromatic rings. The second kappa shape index (κ2) is 8.17. The fourth-order valence-corrected chi connectivity index (χ4v) is 6.57. The Balaban J connectivity index is 1.14. The third-order valence-electron chi connectivity index (χ3n) is 7.45. The predicted octanol–water partition coefficient (Wildman–Crippen LogP) is 5.09. The summed E-state index contributed by atoms with van der Waals surface area (Å²) in [4.78, 5) is 33.7. The maximum absolute atomic E-state index is 13.1. The molecule has 2 fully saturated rings. The van der Waals surface area contributed by atoms with E-state index >= 15 is 0 Å². The van der Waals surface area contributed by atoms with Crippen molar-refractivity contribution in [3.8, 4) is 11.4 Å². The SMILES string of the molecule is CC(=O)C1CC2(CC(NC(=O)c3csc4ccn(Cc5cnc(-c6ccccc6)nc5)c34)C2)C1. The average Bonchev–Trinajstić information content (AvgIpc) is 3.38. The van der Waals surface area contributed by atoms with Gasteiger partial charge < -0.3 is 9.88 Å². The molecule has 2 saturated carbocycles. The Labute approximate surface area is 202 Å². The molecule has 0 bridgehead atoms. The summed E-state index contributed by atoms with van der Waals surface area (Å²) >= 11 is 1.59. The quantitative estimate of drug-likeness (QED) is 0.426. The second-order valence-corrected chi connectivity index (χ2v) is 10.8. The van der Waals surface area contributed by atoms with E-state index in [1.165, 1.54) is 0 Å². The van der Waals surface area contributed by atoms with Crippen LogP contribution in [0.25, 0.3) is 21.6 Å². The molecule has 0 saturated heterocycles. The minimum absolute atomic E-state index is 0.0100. The van der Waals surface area contributed by atoms with Gasteiger partial charge in [0.1, 0.15) is 5.78 Å². The highest BCUT2D eigenvalue weighted by Crippen LogP contribution is 2.58. The number of aromatic nitrogens is 3. The van der Waals surface area contributed by atoms with Crippen LogP contribution in [0.5, 0.6) is 0 Å². The zero-order valence-electron chi connectivity index (χ0n) is 19.0. The van der Waals surface area contributed by atoms with Crippen molar-refractivity contribution < 1.29 is 9.59 Å². The van der Waals surface area contributed by atoms with E-state index in [0.29, 0.717) is 23.6 Å². The normalized spacial score (nSPS) is 23.4. The lowest BCUT2D eigenvalue weighted by Crippen LogP contribution is -2.57. The Kier molecular flexibility index (Phi) is 5.10. The number of benzene rings is 1. The van der Waals surface area contributed by atoms with Crippen molar-refractivity contribution in [1.82, 2.24) is 19.9 Å². The van der Waals surface area contributed by atoms with E-state index in [0.717, 1.165) is 52.6 Å². The van der Waals surface area contributed by atoms with Gasteiger partial charge in [-0.15, -0.1) is 11.3 Å². The number of nitrogens with one attached hydrogen (secondary N) is 1. The number of hydrogen-bond donors (Lipinski definition) is 1. The van der Waals surface area contributed by atoms with Crippen LogP contribution in [0.3, 0.4) is 0 Å². The van der Waals surface area contributed by atoms with Crippen LogP contribution in [-0.2, 0) is 11.3 Å². The third kappa shape index (κ3) is 3.74. The summed E-state index contributed by atoms with van der Waals surface area (Å²) in [5.41, 5.74) is 3.96. The molecule has 0 unspecified atom stereocenters. The molecule has 172 valence electrons. The van der Waals surface area contributed by atoms with E-state index in [1.807, 2.05) is 54.3 Å². The molecule has 3 aromatic heterocycles. The molecule has 2 aliphatic carbocycles. The molecule has 7 heteroatoms. The van der Waals surface area contributed by atoms with Gasteiger partial charge in [0.15, 0.2) is 5.82 Å². The van der Waals surface area contributed by atoms with Gasteiger partial charge in [-0.1, -0.05) is 30.3 Å². The summed E-state index contributed by atoms with van der Waals surface area (Å²) in [7, 11) is 0. The largest absolute Gasteiger partial charge is 0.349 e. The average molecular weight is 471 g/mol. The van der Waals surface area contributed by atoms with Gasteiger partial charge in [0.05, 0.1) is 22.3 Å². The van der Waals surface area contributed by atoms with Crippen molar-refractivity contribution in [2.24, 2.45) is 11.3 Å². The number of nitrogens with zero attached hydrogens (tertiary/aromatic N) is 3. The van der Waals surface area contributed by atoms with Crippen LogP contribution in [0, 0.1) is 11.3 Å². The number of ketones is 1. The van der Waals surface area contributed by atoms with Crippen LogP contribution < -0.4 is 5.32 Å². The first kappa shape index (κ1) is 21.2. The molecule has 6 nitrogen and oxygen atoms in total. The van der Waals surface area contributed by atoms with Gasteiger partial charge in [-0.3, -0.25) is 9.59 Å². The number of rotatable bonds is 6. The van der Waals surface area contributed by atoms with Crippen molar-refractivity contribution >= 4 is 33.2 Å². The summed E-state index contributed by atoms with van der Waals surface area (Å²) in [6, 6.07) is 12.2. The molecule has 0 aliphatic heterocycles. The van der Waals surface area contributed by atoms with E-state index < -0.39 is 0 Å². The Morgan fingerprint density at radius 3 is 2.53 bits per heavy atom. The first-order chi connectivity index (χ1) is 16.5. The van der Waals surface area contributed by atoms with E-state index in [9.17, 15) is 9.59 Å². The Morgan fingerprint density at radius 1 is 1.09 bits per heavy atom. The van der Waals surface area contributed by atoms with Crippen LogP contribution in [-0.4, -0.2) is 32.3 Å². The molecule has 1 amide bonds.